The first-order chi connectivity index (χ1) is 14.8. The molecular weight excluding hydrogens is 424 g/mol. The number of amides is 2. The molecule has 1 aromatic rings. The zero-order valence-corrected chi connectivity index (χ0v) is 18.5. The summed E-state index contributed by atoms with van der Waals surface area (Å²) in [5.41, 5.74) is 0.108. The molecule has 2 unspecified atom stereocenters. The van der Waals surface area contributed by atoms with Crippen LogP contribution in [0.5, 0.6) is 0 Å². The van der Waals surface area contributed by atoms with Crippen LogP contribution in [0.15, 0.2) is 18.2 Å². The number of fused-ring (bicyclic) bond motifs is 1. The number of halogens is 1. The predicted molar refractivity (Wildman–Crippen MR) is 112 cm³/mol. The molecule has 3 fully saturated rings. The van der Waals surface area contributed by atoms with Gasteiger partial charge in [0.15, 0.2) is 0 Å². The average Bonchev–Trinajstić information content (AvgIpc) is 3.37. The van der Waals surface area contributed by atoms with E-state index in [1.54, 1.807) is 26.0 Å². The van der Waals surface area contributed by atoms with E-state index in [9.17, 15) is 19.5 Å². The number of para-hydroxylation sites is 1. The fraction of sp³-hybridized carbons (Fsp3) is 0.591. The number of aliphatic hydroxyl groups excluding tert-OH is 1. The van der Waals surface area contributed by atoms with Crippen molar-refractivity contribution in [3.8, 4) is 0 Å². The van der Waals surface area contributed by atoms with E-state index in [4.69, 9.17) is 21.1 Å². The molecular formula is C22H27ClN2O6. The van der Waals surface area contributed by atoms with Gasteiger partial charge < -0.3 is 24.8 Å². The highest BCUT2D eigenvalue weighted by Gasteiger charge is 2.75. The number of aryl methyl sites for hydroxylation is 1. The summed E-state index contributed by atoms with van der Waals surface area (Å²) < 4.78 is 11.5. The molecule has 0 radical (unpaired) electrons. The quantitative estimate of drug-likeness (QED) is 0.641. The van der Waals surface area contributed by atoms with Crippen molar-refractivity contribution < 1.29 is 29.0 Å². The van der Waals surface area contributed by atoms with Gasteiger partial charge in [-0.1, -0.05) is 23.7 Å². The van der Waals surface area contributed by atoms with Crippen molar-refractivity contribution in [2.45, 2.75) is 57.4 Å². The van der Waals surface area contributed by atoms with Crippen LogP contribution < -0.4 is 5.32 Å². The van der Waals surface area contributed by atoms with Crippen molar-refractivity contribution in [3.05, 3.63) is 28.8 Å². The second-order valence-electron chi connectivity index (χ2n) is 8.51. The molecule has 2 amide bonds. The number of anilines is 1. The maximum atomic E-state index is 13.6. The molecule has 9 heteroatoms. The molecule has 3 aliphatic heterocycles. The molecule has 0 saturated carbocycles. The number of hydrogen-bond acceptors (Lipinski definition) is 6. The monoisotopic (exact) mass is 450 g/mol. The molecule has 0 aromatic heterocycles. The van der Waals surface area contributed by atoms with E-state index >= 15 is 0 Å². The fourth-order valence-electron chi connectivity index (χ4n) is 5.44. The smallest absolute Gasteiger partial charge is 0.312 e. The van der Waals surface area contributed by atoms with Crippen LogP contribution in [0.4, 0.5) is 5.69 Å². The molecule has 4 rings (SSSR count). The Balaban J connectivity index is 1.74. The number of benzene rings is 1. The maximum absolute atomic E-state index is 13.6. The summed E-state index contributed by atoms with van der Waals surface area (Å²) in [6, 6.07) is 3.67. The van der Waals surface area contributed by atoms with Gasteiger partial charge in [-0.05, 0) is 45.2 Å². The van der Waals surface area contributed by atoms with Gasteiger partial charge in [0.25, 0.3) is 0 Å². The molecule has 3 heterocycles. The van der Waals surface area contributed by atoms with Crippen molar-refractivity contribution in [1.82, 2.24) is 4.90 Å². The third kappa shape index (κ3) is 3.23. The van der Waals surface area contributed by atoms with Gasteiger partial charge in [0, 0.05) is 0 Å². The number of nitrogens with one attached hydrogen (secondary N) is 1. The molecule has 1 spiro atoms. The number of carbonyl (C=O) groups excluding carboxylic acids is 3. The van der Waals surface area contributed by atoms with E-state index in [2.05, 4.69) is 5.32 Å². The lowest BCUT2D eigenvalue weighted by atomic mass is 9.70. The van der Waals surface area contributed by atoms with Gasteiger partial charge in [0.1, 0.15) is 11.6 Å². The summed E-state index contributed by atoms with van der Waals surface area (Å²) in [6.07, 6.45) is 0.568. The largest absolute Gasteiger partial charge is 0.466 e. The van der Waals surface area contributed by atoms with Gasteiger partial charge in [0.05, 0.1) is 47.9 Å². The van der Waals surface area contributed by atoms with Crippen molar-refractivity contribution >= 4 is 35.1 Å². The van der Waals surface area contributed by atoms with Gasteiger partial charge in [-0.15, -0.1) is 0 Å². The van der Waals surface area contributed by atoms with Crippen LogP contribution in [-0.2, 0) is 23.9 Å². The van der Waals surface area contributed by atoms with Gasteiger partial charge in [-0.2, -0.15) is 0 Å². The van der Waals surface area contributed by atoms with E-state index in [0.29, 0.717) is 23.6 Å². The van der Waals surface area contributed by atoms with E-state index in [0.717, 1.165) is 5.56 Å². The minimum atomic E-state index is -1.14. The Morgan fingerprint density at radius 1 is 1.45 bits per heavy atom. The number of rotatable bonds is 6. The number of carbonyl (C=O) groups is 3. The third-order valence-electron chi connectivity index (χ3n) is 6.75. The van der Waals surface area contributed by atoms with Crippen LogP contribution in [0.25, 0.3) is 0 Å². The van der Waals surface area contributed by atoms with Crippen molar-refractivity contribution in [2.75, 3.05) is 18.5 Å². The van der Waals surface area contributed by atoms with Gasteiger partial charge in [-0.25, -0.2) is 0 Å². The molecule has 3 saturated heterocycles. The number of likely N-dealkylation sites (tertiary alicyclic amines) is 1. The summed E-state index contributed by atoms with van der Waals surface area (Å²) in [7, 11) is 0. The van der Waals surface area contributed by atoms with Crippen LogP contribution in [0.2, 0.25) is 5.02 Å². The number of aliphatic hydroxyl groups is 1. The fourth-order valence-corrected chi connectivity index (χ4v) is 5.71. The SMILES string of the molecule is CCOC(=O)[C@@H]1[C@@H]2CCC3(O2)C(C(=O)Nc2c(C)cccc2Cl)N([C@H](C)CO)C(=O)[C@H]13. The summed E-state index contributed by atoms with van der Waals surface area (Å²) in [5.74, 6) is -2.86. The Hall–Kier alpha value is -2.16. The first kappa shape index (κ1) is 22.0. The first-order valence-corrected chi connectivity index (χ1v) is 11.0. The molecule has 168 valence electrons. The average molecular weight is 451 g/mol. The van der Waals surface area contributed by atoms with E-state index < -0.39 is 47.5 Å². The minimum Gasteiger partial charge on any atom is -0.466 e. The molecule has 3 aliphatic rings. The van der Waals surface area contributed by atoms with E-state index in [1.165, 1.54) is 4.90 Å². The topological polar surface area (TPSA) is 105 Å². The zero-order valence-electron chi connectivity index (χ0n) is 17.8. The lowest BCUT2D eigenvalue weighted by molar-refractivity contribution is -0.155. The Kier molecular flexibility index (Phi) is 5.74. The van der Waals surface area contributed by atoms with Crippen LogP contribution in [0.3, 0.4) is 0 Å². The van der Waals surface area contributed by atoms with E-state index in [1.807, 2.05) is 13.0 Å². The Bertz CT molecular complexity index is 903. The summed E-state index contributed by atoms with van der Waals surface area (Å²) >= 11 is 6.30. The molecule has 31 heavy (non-hydrogen) atoms. The molecule has 8 nitrogen and oxygen atoms in total. The first-order valence-electron chi connectivity index (χ1n) is 10.6. The normalized spacial score (nSPS) is 32.2. The Morgan fingerprint density at radius 3 is 2.84 bits per heavy atom. The van der Waals surface area contributed by atoms with Crippen LogP contribution in [0.1, 0.15) is 32.3 Å². The van der Waals surface area contributed by atoms with Gasteiger partial charge >= 0.3 is 5.97 Å². The molecule has 1 aromatic carbocycles. The molecule has 2 N–H and O–H groups in total. The Labute approximate surface area is 185 Å². The number of ether oxygens (including phenoxy) is 2. The van der Waals surface area contributed by atoms with Crippen LogP contribution in [-0.4, -0.2) is 64.8 Å². The second-order valence-corrected chi connectivity index (χ2v) is 8.91. The molecule has 6 atom stereocenters. The van der Waals surface area contributed by atoms with Crippen LogP contribution >= 0.6 is 11.6 Å². The Morgan fingerprint density at radius 2 is 2.19 bits per heavy atom. The second kappa shape index (κ2) is 8.07. The molecule has 2 bridgehead atoms. The van der Waals surface area contributed by atoms with Crippen LogP contribution in [0, 0.1) is 18.8 Å². The maximum Gasteiger partial charge on any atom is 0.312 e. The summed E-state index contributed by atoms with van der Waals surface area (Å²) in [5, 5.41) is 13.1. The van der Waals surface area contributed by atoms with Crippen molar-refractivity contribution in [3.63, 3.8) is 0 Å². The van der Waals surface area contributed by atoms with Gasteiger partial charge in [0.2, 0.25) is 11.8 Å². The highest BCUT2D eigenvalue weighted by molar-refractivity contribution is 6.34. The van der Waals surface area contributed by atoms with Gasteiger partial charge in [-0.3, -0.25) is 14.4 Å². The number of hydrogen-bond donors (Lipinski definition) is 2. The molecule has 0 aliphatic carbocycles. The highest BCUT2D eigenvalue weighted by atomic mass is 35.5. The lowest BCUT2D eigenvalue weighted by Gasteiger charge is -2.35. The minimum absolute atomic E-state index is 0.197. The van der Waals surface area contributed by atoms with Crippen molar-refractivity contribution in [2.24, 2.45) is 11.8 Å². The third-order valence-corrected chi connectivity index (χ3v) is 7.07. The lowest BCUT2D eigenvalue weighted by Crippen LogP contribution is -2.55. The highest BCUT2D eigenvalue weighted by Crippen LogP contribution is 2.59. The summed E-state index contributed by atoms with van der Waals surface area (Å²) in [4.78, 5) is 41.2. The standard InChI is InChI=1S/C22H27ClN2O6/c1-4-30-21(29)15-14-8-9-22(31-14)16(15)20(28)25(12(3)10-26)18(22)19(27)24-17-11(2)6-5-7-13(17)23/h5-7,12,14-16,18,26H,4,8-10H2,1-3H3,(H,24,27)/t12-,14+,15-,16+,18?,22?/m1/s1. The zero-order chi connectivity index (χ0) is 22.5. The summed E-state index contributed by atoms with van der Waals surface area (Å²) in [6.45, 7) is 5.08. The predicted octanol–water partition coefficient (Wildman–Crippen LogP) is 1.91. The number of esters is 1. The number of nitrogens with zero attached hydrogens (tertiary/aromatic N) is 1. The van der Waals surface area contributed by atoms with E-state index in [-0.39, 0.29) is 19.1 Å². The van der Waals surface area contributed by atoms with Crippen molar-refractivity contribution in [1.29, 1.82) is 0 Å².